The average molecular weight is 241 g/mol. The van der Waals surface area contributed by atoms with Crippen molar-refractivity contribution >= 4 is 10.0 Å². The highest BCUT2D eigenvalue weighted by Gasteiger charge is 2.10. The van der Waals surface area contributed by atoms with E-state index < -0.39 is 15.8 Å². The third-order valence-electron chi connectivity index (χ3n) is 1.84. The zero-order valence-corrected chi connectivity index (χ0v) is 9.43. The molecule has 0 unspecified atom stereocenters. The van der Waals surface area contributed by atoms with Gasteiger partial charge in [0, 0.05) is 13.0 Å². The summed E-state index contributed by atoms with van der Waals surface area (Å²) < 4.78 is 38.1. The molecule has 86 valence electrons. The van der Waals surface area contributed by atoms with Crippen LogP contribution in [-0.4, -0.2) is 15.0 Å². The van der Waals surface area contributed by atoms with Gasteiger partial charge in [0.1, 0.15) is 5.82 Å². The van der Waals surface area contributed by atoms with Crippen LogP contribution in [0.1, 0.15) is 12.0 Å². The molecule has 0 radical (unpaired) electrons. The molecule has 1 aromatic rings. The van der Waals surface area contributed by atoms with Crippen molar-refractivity contribution in [1.29, 1.82) is 0 Å². The van der Waals surface area contributed by atoms with Crippen molar-refractivity contribution in [2.75, 3.05) is 6.54 Å². The van der Waals surface area contributed by atoms with Crippen molar-refractivity contribution in [2.24, 2.45) is 0 Å². The lowest BCUT2D eigenvalue weighted by molar-refractivity contribution is 0.581. The van der Waals surface area contributed by atoms with Crippen LogP contribution in [0.4, 0.5) is 4.39 Å². The van der Waals surface area contributed by atoms with Gasteiger partial charge in [-0.1, -0.05) is 12.1 Å². The Balaban J connectivity index is 2.63. The first-order valence-electron chi connectivity index (χ1n) is 4.69. The average Bonchev–Trinajstić information content (AvgIpc) is 2.17. The first-order chi connectivity index (χ1) is 7.53. The number of sulfonamides is 1. The third kappa shape index (κ3) is 4.43. The topological polar surface area (TPSA) is 46.2 Å². The van der Waals surface area contributed by atoms with E-state index >= 15 is 0 Å². The van der Waals surface area contributed by atoms with Crippen LogP contribution in [0, 0.1) is 18.2 Å². The molecular formula is C11H12FNO2S. The molecule has 0 fully saturated rings. The van der Waals surface area contributed by atoms with Gasteiger partial charge in [0.2, 0.25) is 10.0 Å². The molecule has 0 heterocycles. The fourth-order valence-corrected chi connectivity index (χ4v) is 2.31. The molecule has 1 aromatic carbocycles. The maximum absolute atomic E-state index is 12.8. The molecule has 3 nitrogen and oxygen atoms in total. The molecule has 0 aliphatic rings. The minimum atomic E-state index is -3.44. The van der Waals surface area contributed by atoms with E-state index in [1.54, 1.807) is 6.07 Å². The third-order valence-corrected chi connectivity index (χ3v) is 3.19. The fraction of sp³-hybridized carbons (Fsp3) is 0.273. The SMILES string of the molecule is C#CCCNS(=O)(=O)Cc1cccc(F)c1. The zero-order chi connectivity index (χ0) is 12.0. The molecule has 1 N–H and O–H groups in total. The smallest absolute Gasteiger partial charge is 0.214 e. The molecule has 0 amide bonds. The van der Waals surface area contributed by atoms with Crippen molar-refractivity contribution in [3.63, 3.8) is 0 Å². The van der Waals surface area contributed by atoms with Gasteiger partial charge in [0.15, 0.2) is 0 Å². The van der Waals surface area contributed by atoms with Crippen LogP contribution < -0.4 is 4.72 Å². The van der Waals surface area contributed by atoms with Gasteiger partial charge in [0.05, 0.1) is 5.75 Å². The van der Waals surface area contributed by atoms with Gasteiger partial charge in [0.25, 0.3) is 0 Å². The molecule has 5 heteroatoms. The standard InChI is InChI=1S/C11H12FNO2S/c1-2-3-7-13-16(14,15)9-10-5-4-6-11(12)8-10/h1,4-6,8,13H,3,7,9H2. The number of halogens is 1. The Morgan fingerprint density at radius 1 is 1.44 bits per heavy atom. The molecule has 16 heavy (non-hydrogen) atoms. The van der Waals surface area contributed by atoms with Crippen molar-refractivity contribution < 1.29 is 12.8 Å². The van der Waals surface area contributed by atoms with Crippen LogP contribution in [-0.2, 0) is 15.8 Å². The molecular weight excluding hydrogens is 229 g/mol. The Kier molecular flexibility index (Phi) is 4.47. The number of terminal acetylenes is 1. The summed E-state index contributed by atoms with van der Waals surface area (Å²) in [6, 6.07) is 5.49. The molecule has 0 atom stereocenters. The van der Waals surface area contributed by atoms with E-state index in [9.17, 15) is 12.8 Å². The van der Waals surface area contributed by atoms with Gasteiger partial charge in [-0.2, -0.15) is 0 Å². The predicted molar refractivity (Wildman–Crippen MR) is 60.5 cm³/mol. The maximum Gasteiger partial charge on any atom is 0.215 e. The van der Waals surface area contributed by atoms with Gasteiger partial charge in [-0.3, -0.25) is 0 Å². The second-order valence-corrected chi connectivity index (χ2v) is 5.04. The summed E-state index contributed by atoms with van der Waals surface area (Å²) in [6.45, 7) is 0.203. The van der Waals surface area contributed by atoms with Gasteiger partial charge >= 0.3 is 0 Å². The minimum Gasteiger partial charge on any atom is -0.214 e. The lowest BCUT2D eigenvalue weighted by atomic mass is 10.2. The molecule has 0 bridgehead atoms. The highest BCUT2D eigenvalue weighted by molar-refractivity contribution is 7.88. The van der Waals surface area contributed by atoms with E-state index in [4.69, 9.17) is 6.42 Å². The quantitative estimate of drug-likeness (QED) is 0.623. The van der Waals surface area contributed by atoms with Crippen LogP contribution in [0.3, 0.4) is 0 Å². The Morgan fingerprint density at radius 3 is 2.81 bits per heavy atom. The Morgan fingerprint density at radius 2 is 2.19 bits per heavy atom. The molecule has 0 aromatic heterocycles. The summed E-state index contributed by atoms with van der Waals surface area (Å²) in [5.41, 5.74) is 0.410. The van der Waals surface area contributed by atoms with E-state index in [2.05, 4.69) is 10.6 Å². The largest absolute Gasteiger partial charge is 0.215 e. The second kappa shape index (κ2) is 5.64. The molecule has 0 spiro atoms. The molecule has 0 saturated heterocycles. The number of benzene rings is 1. The van der Waals surface area contributed by atoms with Crippen molar-refractivity contribution in [1.82, 2.24) is 4.72 Å². The predicted octanol–water partition coefficient (Wildman–Crippen LogP) is 1.27. The Hall–Kier alpha value is -1.38. The van der Waals surface area contributed by atoms with Gasteiger partial charge in [-0.15, -0.1) is 12.3 Å². The first-order valence-corrected chi connectivity index (χ1v) is 6.34. The highest BCUT2D eigenvalue weighted by atomic mass is 32.2. The first kappa shape index (κ1) is 12.7. The molecule has 0 aliphatic carbocycles. The van der Waals surface area contributed by atoms with Crippen molar-refractivity contribution in [3.8, 4) is 12.3 Å². The maximum atomic E-state index is 12.8. The van der Waals surface area contributed by atoms with Crippen LogP contribution in [0.2, 0.25) is 0 Å². The van der Waals surface area contributed by atoms with Gasteiger partial charge in [-0.25, -0.2) is 17.5 Å². The number of hydrogen-bond acceptors (Lipinski definition) is 2. The monoisotopic (exact) mass is 241 g/mol. The van der Waals surface area contributed by atoms with E-state index in [1.807, 2.05) is 0 Å². The van der Waals surface area contributed by atoms with Crippen LogP contribution in [0.15, 0.2) is 24.3 Å². The second-order valence-electron chi connectivity index (χ2n) is 3.24. The number of rotatable bonds is 5. The zero-order valence-electron chi connectivity index (χ0n) is 8.61. The Labute approximate surface area is 94.7 Å². The normalized spacial score (nSPS) is 11.0. The van der Waals surface area contributed by atoms with E-state index in [0.717, 1.165) is 0 Å². The van der Waals surface area contributed by atoms with Gasteiger partial charge in [-0.05, 0) is 17.7 Å². The molecule has 0 saturated carbocycles. The molecule has 0 aliphatic heterocycles. The Bertz CT molecular complexity index is 491. The summed E-state index contributed by atoms with van der Waals surface area (Å²) in [4.78, 5) is 0. The summed E-state index contributed by atoms with van der Waals surface area (Å²) in [5.74, 6) is 1.64. The summed E-state index contributed by atoms with van der Waals surface area (Å²) in [7, 11) is -3.44. The number of hydrogen-bond donors (Lipinski definition) is 1. The lowest BCUT2D eigenvalue weighted by Crippen LogP contribution is -2.25. The van der Waals surface area contributed by atoms with Crippen LogP contribution >= 0.6 is 0 Å². The molecule has 1 rings (SSSR count). The van der Waals surface area contributed by atoms with E-state index in [1.165, 1.54) is 18.2 Å². The summed E-state index contributed by atoms with van der Waals surface area (Å²) >= 11 is 0. The van der Waals surface area contributed by atoms with E-state index in [-0.39, 0.29) is 12.3 Å². The lowest BCUT2D eigenvalue weighted by Gasteiger charge is -2.05. The van der Waals surface area contributed by atoms with Crippen LogP contribution in [0.5, 0.6) is 0 Å². The number of nitrogens with one attached hydrogen (secondary N) is 1. The van der Waals surface area contributed by atoms with Gasteiger partial charge < -0.3 is 0 Å². The fourth-order valence-electron chi connectivity index (χ4n) is 1.18. The summed E-state index contributed by atoms with van der Waals surface area (Å²) in [5, 5.41) is 0. The van der Waals surface area contributed by atoms with Crippen molar-refractivity contribution in [2.45, 2.75) is 12.2 Å². The highest BCUT2D eigenvalue weighted by Crippen LogP contribution is 2.07. The van der Waals surface area contributed by atoms with Crippen molar-refractivity contribution in [3.05, 3.63) is 35.6 Å². The van der Waals surface area contributed by atoms with E-state index in [0.29, 0.717) is 12.0 Å². The summed E-state index contributed by atoms with van der Waals surface area (Å²) in [6.07, 6.45) is 5.33. The minimum absolute atomic E-state index is 0.203. The van der Waals surface area contributed by atoms with Crippen LogP contribution in [0.25, 0.3) is 0 Å².